The highest BCUT2D eigenvalue weighted by atomic mass is 32.2. The largest absolute Gasteiger partial charge is 0.341 e. The van der Waals surface area contributed by atoms with Crippen LogP contribution in [-0.2, 0) is 14.8 Å². The van der Waals surface area contributed by atoms with Gasteiger partial charge >= 0.3 is 0 Å². The van der Waals surface area contributed by atoms with Crippen molar-refractivity contribution in [2.45, 2.75) is 17.7 Å². The minimum absolute atomic E-state index is 0.0113. The number of nitrogens with zero attached hydrogens (tertiary/aromatic N) is 2. The lowest BCUT2D eigenvalue weighted by Gasteiger charge is -2.20. The minimum atomic E-state index is -3.72. The van der Waals surface area contributed by atoms with E-state index in [-0.39, 0.29) is 23.8 Å². The first kappa shape index (κ1) is 17.8. The van der Waals surface area contributed by atoms with Gasteiger partial charge in [-0.05, 0) is 44.3 Å². The number of nitrogens with one attached hydrogen (secondary N) is 1. The molecule has 0 aromatic heterocycles. The Morgan fingerprint density at radius 1 is 1.17 bits per heavy atom. The molecule has 0 unspecified atom stereocenters. The number of rotatable bonds is 5. The molecule has 0 bridgehead atoms. The smallest absolute Gasteiger partial charge is 0.240 e. The molecule has 1 aromatic carbocycles. The van der Waals surface area contributed by atoms with Crippen molar-refractivity contribution in [2.24, 2.45) is 0 Å². The average Bonchev–Trinajstić information content (AvgIpc) is 2.72. The summed E-state index contributed by atoms with van der Waals surface area (Å²) in [6, 6.07) is 4.58. The van der Waals surface area contributed by atoms with Crippen molar-refractivity contribution in [2.75, 3.05) is 39.8 Å². The van der Waals surface area contributed by atoms with Gasteiger partial charge in [-0.3, -0.25) is 4.79 Å². The van der Waals surface area contributed by atoms with Crippen molar-refractivity contribution < 1.29 is 17.6 Å². The lowest BCUT2D eigenvalue weighted by molar-refractivity contribution is -0.130. The first-order valence-corrected chi connectivity index (χ1v) is 9.08. The highest BCUT2D eigenvalue weighted by molar-refractivity contribution is 7.89. The highest BCUT2D eigenvalue weighted by Gasteiger charge is 2.19. The molecule has 1 N–H and O–H groups in total. The van der Waals surface area contributed by atoms with E-state index in [9.17, 15) is 17.6 Å². The lowest BCUT2D eigenvalue weighted by atomic mass is 10.3. The molecular weight excluding hydrogens is 321 g/mol. The van der Waals surface area contributed by atoms with Crippen LogP contribution in [0.5, 0.6) is 0 Å². The van der Waals surface area contributed by atoms with E-state index in [1.54, 1.807) is 4.90 Å². The molecular formula is C15H22FN3O3S. The Balaban J connectivity index is 1.83. The summed E-state index contributed by atoms with van der Waals surface area (Å²) in [7, 11) is -1.70. The molecule has 0 spiro atoms. The predicted octanol–water partition coefficient (Wildman–Crippen LogP) is 0.658. The molecule has 0 radical (unpaired) electrons. The van der Waals surface area contributed by atoms with Gasteiger partial charge in [-0.15, -0.1) is 0 Å². The summed E-state index contributed by atoms with van der Waals surface area (Å²) < 4.78 is 39.3. The number of carbonyl (C=O) groups excluding carboxylic acids is 1. The van der Waals surface area contributed by atoms with E-state index >= 15 is 0 Å². The van der Waals surface area contributed by atoms with Gasteiger partial charge in [0.05, 0.1) is 4.90 Å². The van der Waals surface area contributed by atoms with Crippen LogP contribution in [0.3, 0.4) is 0 Å². The van der Waals surface area contributed by atoms with E-state index in [1.165, 1.54) is 12.1 Å². The van der Waals surface area contributed by atoms with E-state index in [4.69, 9.17) is 0 Å². The van der Waals surface area contributed by atoms with Crippen molar-refractivity contribution >= 4 is 15.9 Å². The molecule has 1 aliphatic heterocycles. The third kappa shape index (κ3) is 5.26. The van der Waals surface area contributed by atoms with E-state index in [0.717, 1.165) is 31.6 Å². The van der Waals surface area contributed by atoms with Gasteiger partial charge in [0.25, 0.3) is 0 Å². The SMILES string of the molecule is CN1CCCN(C(=O)CCNS(=O)(=O)c2ccc(F)cc2)CC1. The van der Waals surface area contributed by atoms with Gasteiger partial charge in [-0.2, -0.15) is 0 Å². The van der Waals surface area contributed by atoms with Crippen molar-refractivity contribution in [1.82, 2.24) is 14.5 Å². The molecule has 8 heteroatoms. The van der Waals surface area contributed by atoms with Crippen LogP contribution in [0.1, 0.15) is 12.8 Å². The van der Waals surface area contributed by atoms with Crippen LogP contribution >= 0.6 is 0 Å². The van der Waals surface area contributed by atoms with Crippen LogP contribution in [0.25, 0.3) is 0 Å². The monoisotopic (exact) mass is 343 g/mol. The molecule has 0 saturated carbocycles. The molecule has 6 nitrogen and oxygen atoms in total. The van der Waals surface area contributed by atoms with Crippen molar-refractivity contribution in [1.29, 1.82) is 0 Å². The summed E-state index contributed by atoms with van der Waals surface area (Å²) in [5.41, 5.74) is 0. The summed E-state index contributed by atoms with van der Waals surface area (Å²) in [5, 5.41) is 0. The molecule has 1 amide bonds. The molecule has 0 atom stereocenters. The Kier molecular flexibility index (Phi) is 6.09. The fourth-order valence-corrected chi connectivity index (χ4v) is 3.48. The summed E-state index contributed by atoms with van der Waals surface area (Å²) in [4.78, 5) is 16.1. The zero-order valence-corrected chi connectivity index (χ0v) is 14.0. The molecule has 1 aromatic rings. The standard InChI is InChI=1S/C15H22FN3O3S/c1-18-9-2-10-19(12-11-18)15(20)7-8-17-23(21,22)14-5-3-13(16)4-6-14/h3-6,17H,2,7-12H2,1H3. The van der Waals surface area contributed by atoms with Gasteiger partial charge < -0.3 is 9.80 Å². The van der Waals surface area contributed by atoms with Gasteiger partial charge in [0.1, 0.15) is 5.82 Å². The second-order valence-electron chi connectivity index (χ2n) is 5.64. The molecule has 0 aliphatic carbocycles. The van der Waals surface area contributed by atoms with Crippen LogP contribution in [0, 0.1) is 5.82 Å². The number of amides is 1. The summed E-state index contributed by atoms with van der Waals surface area (Å²) >= 11 is 0. The van der Waals surface area contributed by atoms with Crippen LogP contribution < -0.4 is 4.72 Å². The molecule has 1 heterocycles. The maximum atomic E-state index is 12.8. The first-order valence-electron chi connectivity index (χ1n) is 7.60. The van der Waals surface area contributed by atoms with Crippen LogP contribution in [-0.4, -0.2) is 63.9 Å². The number of sulfonamides is 1. The zero-order valence-electron chi connectivity index (χ0n) is 13.2. The maximum Gasteiger partial charge on any atom is 0.240 e. The number of benzene rings is 1. The molecule has 1 aliphatic rings. The van der Waals surface area contributed by atoms with E-state index in [1.807, 2.05) is 7.05 Å². The molecule has 128 valence electrons. The van der Waals surface area contributed by atoms with E-state index in [0.29, 0.717) is 13.1 Å². The van der Waals surface area contributed by atoms with Gasteiger partial charge in [-0.1, -0.05) is 0 Å². The Morgan fingerprint density at radius 2 is 1.87 bits per heavy atom. The highest BCUT2D eigenvalue weighted by Crippen LogP contribution is 2.09. The van der Waals surface area contributed by atoms with Crippen molar-refractivity contribution in [3.05, 3.63) is 30.1 Å². The number of halogens is 1. The molecule has 1 fully saturated rings. The number of carbonyl (C=O) groups is 1. The zero-order chi connectivity index (χ0) is 16.9. The Morgan fingerprint density at radius 3 is 2.57 bits per heavy atom. The van der Waals surface area contributed by atoms with Crippen molar-refractivity contribution in [3.63, 3.8) is 0 Å². The summed E-state index contributed by atoms with van der Waals surface area (Å²) in [5.74, 6) is -0.549. The molecule has 23 heavy (non-hydrogen) atoms. The van der Waals surface area contributed by atoms with E-state index in [2.05, 4.69) is 9.62 Å². The fraction of sp³-hybridized carbons (Fsp3) is 0.533. The maximum absolute atomic E-state index is 12.8. The van der Waals surface area contributed by atoms with Gasteiger partial charge in [0, 0.05) is 32.6 Å². The lowest BCUT2D eigenvalue weighted by Crippen LogP contribution is -2.36. The van der Waals surface area contributed by atoms with Gasteiger partial charge in [0.2, 0.25) is 15.9 Å². The normalized spacial score (nSPS) is 17.0. The molecule has 2 rings (SSSR count). The quantitative estimate of drug-likeness (QED) is 0.853. The number of likely N-dealkylation sites (N-methyl/N-ethyl adjacent to an activating group) is 1. The summed E-state index contributed by atoms with van der Waals surface area (Å²) in [6.07, 6.45) is 1.04. The third-order valence-electron chi connectivity index (χ3n) is 3.83. The third-order valence-corrected chi connectivity index (χ3v) is 5.30. The van der Waals surface area contributed by atoms with E-state index < -0.39 is 15.8 Å². The Labute approximate surface area is 136 Å². The first-order chi connectivity index (χ1) is 10.9. The summed E-state index contributed by atoms with van der Waals surface area (Å²) in [6.45, 7) is 3.19. The number of hydrogen-bond acceptors (Lipinski definition) is 4. The molecule has 1 saturated heterocycles. The predicted molar refractivity (Wildman–Crippen MR) is 84.9 cm³/mol. The average molecular weight is 343 g/mol. The fourth-order valence-electron chi connectivity index (χ4n) is 2.44. The second-order valence-corrected chi connectivity index (χ2v) is 7.41. The van der Waals surface area contributed by atoms with Crippen LogP contribution in [0.2, 0.25) is 0 Å². The van der Waals surface area contributed by atoms with Crippen molar-refractivity contribution in [3.8, 4) is 0 Å². The minimum Gasteiger partial charge on any atom is -0.341 e. The second kappa shape index (κ2) is 7.85. The Bertz CT molecular complexity index is 634. The van der Waals surface area contributed by atoms with Gasteiger partial charge in [0.15, 0.2) is 0 Å². The topological polar surface area (TPSA) is 69.7 Å². The van der Waals surface area contributed by atoms with Crippen LogP contribution in [0.4, 0.5) is 4.39 Å². The Hall–Kier alpha value is -1.51. The number of hydrogen-bond donors (Lipinski definition) is 1. The van der Waals surface area contributed by atoms with Gasteiger partial charge in [-0.25, -0.2) is 17.5 Å². The van der Waals surface area contributed by atoms with Crippen LogP contribution in [0.15, 0.2) is 29.2 Å².